The Morgan fingerprint density at radius 2 is 1.82 bits per heavy atom. The van der Waals surface area contributed by atoms with Crippen LogP contribution in [0, 0.1) is 10.1 Å². The van der Waals surface area contributed by atoms with Gasteiger partial charge in [-0.1, -0.05) is 18.2 Å². The van der Waals surface area contributed by atoms with E-state index in [9.17, 15) is 19.7 Å². The van der Waals surface area contributed by atoms with Crippen LogP contribution in [0.3, 0.4) is 0 Å². The summed E-state index contributed by atoms with van der Waals surface area (Å²) >= 11 is 0. The maximum atomic E-state index is 11.3. The number of hydrogen-bond acceptors (Lipinski definition) is 4. The zero-order valence-corrected chi connectivity index (χ0v) is 11.3. The smallest absolute Gasteiger partial charge is 0.293 e. The molecular weight excluding hydrogens is 284 g/mol. The fourth-order valence-corrected chi connectivity index (χ4v) is 2.46. The molecule has 0 aliphatic rings. The topological polar surface area (TPSA) is 82.2 Å². The normalized spacial score (nSPS) is 10.5. The molecule has 2 aromatic carbocycles. The zero-order chi connectivity index (χ0) is 15.7. The third-order valence-corrected chi connectivity index (χ3v) is 3.46. The number of nitrogens with zero attached hydrogens (tertiary/aromatic N) is 2. The van der Waals surface area contributed by atoms with Crippen LogP contribution < -0.4 is 0 Å². The van der Waals surface area contributed by atoms with Crippen molar-refractivity contribution in [3.63, 3.8) is 0 Å². The van der Waals surface area contributed by atoms with Crippen LogP contribution in [0.4, 0.5) is 5.69 Å². The highest BCUT2D eigenvalue weighted by Crippen LogP contribution is 2.29. The predicted octanol–water partition coefficient (Wildman–Crippen LogP) is 3.16. The molecule has 0 amide bonds. The number of aldehydes is 2. The van der Waals surface area contributed by atoms with Gasteiger partial charge in [-0.15, -0.1) is 0 Å². The molecule has 1 heterocycles. The van der Waals surface area contributed by atoms with Gasteiger partial charge in [0.25, 0.3) is 5.69 Å². The lowest BCUT2D eigenvalue weighted by Crippen LogP contribution is -2.00. The summed E-state index contributed by atoms with van der Waals surface area (Å²) in [6.07, 6.45) is 2.83. The zero-order valence-electron chi connectivity index (χ0n) is 11.3. The number of para-hydroxylation sites is 1. The Hall–Kier alpha value is -3.28. The average molecular weight is 294 g/mol. The number of benzene rings is 2. The molecule has 0 saturated heterocycles. The van der Waals surface area contributed by atoms with Crippen LogP contribution in [0.5, 0.6) is 0 Å². The summed E-state index contributed by atoms with van der Waals surface area (Å²) in [5, 5.41) is 12.0. The van der Waals surface area contributed by atoms with E-state index < -0.39 is 4.92 Å². The summed E-state index contributed by atoms with van der Waals surface area (Å²) in [5.74, 6) is 0. The van der Waals surface area contributed by atoms with E-state index in [0.717, 1.165) is 0 Å². The Kier molecular flexibility index (Phi) is 3.27. The number of nitro benzene ring substituents is 1. The first-order valence-electron chi connectivity index (χ1n) is 6.45. The van der Waals surface area contributed by atoms with E-state index in [1.807, 2.05) is 0 Å². The number of nitro groups is 1. The van der Waals surface area contributed by atoms with E-state index in [2.05, 4.69) is 0 Å². The summed E-state index contributed by atoms with van der Waals surface area (Å²) in [5.41, 5.74) is 1.47. The minimum atomic E-state index is -0.544. The van der Waals surface area contributed by atoms with Crippen molar-refractivity contribution in [2.45, 2.75) is 0 Å². The SMILES string of the molecule is O=Cc1ccc(-n2cc(C=O)c3ccccc32)c([N+](=O)[O-])c1. The van der Waals surface area contributed by atoms with E-state index in [-0.39, 0.29) is 11.3 Å². The Morgan fingerprint density at radius 3 is 2.50 bits per heavy atom. The average Bonchev–Trinajstić information content (AvgIpc) is 2.93. The molecule has 108 valence electrons. The van der Waals surface area contributed by atoms with Gasteiger partial charge in [-0.25, -0.2) is 0 Å². The van der Waals surface area contributed by atoms with E-state index in [1.54, 1.807) is 35.0 Å². The monoisotopic (exact) mass is 294 g/mol. The van der Waals surface area contributed by atoms with Crippen molar-refractivity contribution in [1.29, 1.82) is 0 Å². The summed E-state index contributed by atoms with van der Waals surface area (Å²) in [4.78, 5) is 32.7. The van der Waals surface area contributed by atoms with Gasteiger partial charge in [0.15, 0.2) is 6.29 Å². The first-order chi connectivity index (χ1) is 10.7. The molecule has 0 N–H and O–H groups in total. The van der Waals surface area contributed by atoms with Crippen LogP contribution >= 0.6 is 0 Å². The van der Waals surface area contributed by atoms with Crippen molar-refractivity contribution < 1.29 is 14.5 Å². The van der Waals surface area contributed by atoms with Gasteiger partial charge in [0.2, 0.25) is 0 Å². The van der Waals surface area contributed by atoms with Crippen LogP contribution in [0.15, 0.2) is 48.7 Å². The van der Waals surface area contributed by atoms with Crippen molar-refractivity contribution in [3.05, 3.63) is 69.9 Å². The second-order valence-electron chi connectivity index (χ2n) is 4.71. The van der Waals surface area contributed by atoms with Gasteiger partial charge in [-0.3, -0.25) is 19.7 Å². The first-order valence-corrected chi connectivity index (χ1v) is 6.45. The molecule has 1 aromatic heterocycles. The third-order valence-electron chi connectivity index (χ3n) is 3.46. The molecule has 22 heavy (non-hydrogen) atoms. The summed E-state index contributed by atoms with van der Waals surface area (Å²) in [6.45, 7) is 0. The molecule has 0 saturated carbocycles. The van der Waals surface area contributed by atoms with Gasteiger partial charge >= 0.3 is 0 Å². The highest BCUT2D eigenvalue weighted by Gasteiger charge is 2.19. The molecule has 0 aliphatic heterocycles. The number of carbonyl (C=O) groups is 2. The standard InChI is InChI=1S/C16H10N2O4/c19-9-11-5-6-15(16(7-11)18(21)22)17-8-12(10-20)13-3-1-2-4-14(13)17/h1-10H. The van der Waals surface area contributed by atoms with Gasteiger partial charge < -0.3 is 4.57 Å². The number of hydrogen-bond donors (Lipinski definition) is 0. The third kappa shape index (κ3) is 2.07. The van der Waals surface area contributed by atoms with Crippen molar-refractivity contribution >= 4 is 29.2 Å². The van der Waals surface area contributed by atoms with Crippen molar-refractivity contribution in [2.75, 3.05) is 0 Å². The number of aromatic nitrogens is 1. The van der Waals surface area contributed by atoms with Crippen LogP contribution in [0.1, 0.15) is 20.7 Å². The second kappa shape index (κ2) is 5.25. The molecule has 3 aromatic rings. The van der Waals surface area contributed by atoms with E-state index in [0.29, 0.717) is 34.7 Å². The fourth-order valence-electron chi connectivity index (χ4n) is 2.46. The van der Waals surface area contributed by atoms with Gasteiger partial charge in [-0.2, -0.15) is 0 Å². The van der Waals surface area contributed by atoms with Crippen LogP contribution in [-0.2, 0) is 0 Å². The van der Waals surface area contributed by atoms with Crippen LogP contribution in [0.2, 0.25) is 0 Å². The lowest BCUT2D eigenvalue weighted by Gasteiger charge is -2.06. The van der Waals surface area contributed by atoms with E-state index in [1.165, 1.54) is 18.2 Å². The summed E-state index contributed by atoms with van der Waals surface area (Å²) in [6, 6.07) is 11.4. The first kappa shape index (κ1) is 13.7. The molecule has 0 bridgehead atoms. The van der Waals surface area contributed by atoms with Gasteiger partial charge in [-0.05, 0) is 18.2 Å². The minimum absolute atomic E-state index is 0.192. The molecule has 0 unspecified atom stereocenters. The molecule has 0 spiro atoms. The lowest BCUT2D eigenvalue weighted by atomic mass is 10.1. The maximum absolute atomic E-state index is 11.3. The van der Waals surface area contributed by atoms with Gasteiger partial charge in [0, 0.05) is 28.8 Å². The second-order valence-corrected chi connectivity index (χ2v) is 4.71. The molecule has 0 fully saturated rings. The molecule has 0 atom stereocenters. The highest BCUT2D eigenvalue weighted by atomic mass is 16.6. The molecule has 0 aliphatic carbocycles. The molecule has 0 radical (unpaired) electrons. The van der Waals surface area contributed by atoms with Crippen molar-refractivity contribution in [2.24, 2.45) is 0 Å². The van der Waals surface area contributed by atoms with Crippen LogP contribution in [-0.4, -0.2) is 22.1 Å². The Balaban J connectivity index is 2.34. The van der Waals surface area contributed by atoms with Gasteiger partial charge in [0.1, 0.15) is 12.0 Å². The summed E-state index contributed by atoms with van der Waals surface area (Å²) in [7, 11) is 0. The molecule has 6 nitrogen and oxygen atoms in total. The lowest BCUT2D eigenvalue weighted by molar-refractivity contribution is -0.384. The fraction of sp³-hybridized carbons (Fsp3) is 0. The molecule has 3 rings (SSSR count). The van der Waals surface area contributed by atoms with E-state index >= 15 is 0 Å². The largest absolute Gasteiger partial charge is 0.310 e. The van der Waals surface area contributed by atoms with Crippen molar-refractivity contribution in [3.8, 4) is 5.69 Å². The molecule has 6 heteroatoms. The van der Waals surface area contributed by atoms with E-state index in [4.69, 9.17) is 0 Å². The minimum Gasteiger partial charge on any atom is -0.310 e. The van der Waals surface area contributed by atoms with Crippen molar-refractivity contribution in [1.82, 2.24) is 4.57 Å². The molecular formula is C16H10N2O4. The quantitative estimate of drug-likeness (QED) is 0.420. The van der Waals surface area contributed by atoms with Crippen LogP contribution in [0.25, 0.3) is 16.6 Å². The Morgan fingerprint density at radius 1 is 1.05 bits per heavy atom. The maximum Gasteiger partial charge on any atom is 0.293 e. The highest BCUT2D eigenvalue weighted by molar-refractivity contribution is 5.98. The Labute approximate surface area is 124 Å². The summed E-state index contributed by atoms with van der Waals surface area (Å²) < 4.78 is 1.59. The number of rotatable bonds is 4. The number of fused-ring (bicyclic) bond motifs is 1. The Bertz CT molecular complexity index is 912. The number of carbonyl (C=O) groups excluding carboxylic acids is 2. The van der Waals surface area contributed by atoms with Gasteiger partial charge in [0.05, 0.1) is 10.4 Å². The predicted molar refractivity (Wildman–Crippen MR) is 80.7 cm³/mol.